The molecule has 0 aromatic carbocycles. The van der Waals surface area contributed by atoms with Crippen molar-refractivity contribution in [2.45, 2.75) is 65.2 Å². The minimum absolute atomic E-state index is 1.01. The molecular weight excluding hydrogens is 196 g/mol. The molecule has 0 saturated heterocycles. The van der Waals surface area contributed by atoms with E-state index in [4.69, 9.17) is 0 Å². The number of aromatic nitrogens is 2. The Balaban J connectivity index is 2.30. The number of hydrogen-bond acceptors (Lipinski definition) is 2. The fourth-order valence-corrected chi connectivity index (χ4v) is 1.75. The highest BCUT2D eigenvalue weighted by molar-refractivity contribution is 5.05. The SMILES string of the molecule is CCCCCc1cnc(CCCCC)nc1. The van der Waals surface area contributed by atoms with E-state index in [1.54, 1.807) is 0 Å². The average molecular weight is 220 g/mol. The summed E-state index contributed by atoms with van der Waals surface area (Å²) in [7, 11) is 0. The Morgan fingerprint density at radius 2 is 1.38 bits per heavy atom. The molecule has 16 heavy (non-hydrogen) atoms. The Kier molecular flexibility index (Phi) is 6.78. The molecule has 0 saturated carbocycles. The maximum atomic E-state index is 4.42. The van der Waals surface area contributed by atoms with Crippen molar-refractivity contribution in [2.24, 2.45) is 0 Å². The van der Waals surface area contributed by atoms with Gasteiger partial charge in [-0.15, -0.1) is 0 Å². The van der Waals surface area contributed by atoms with Gasteiger partial charge in [-0.25, -0.2) is 9.97 Å². The van der Waals surface area contributed by atoms with Gasteiger partial charge in [0.2, 0.25) is 0 Å². The van der Waals surface area contributed by atoms with Crippen molar-refractivity contribution in [1.82, 2.24) is 9.97 Å². The Morgan fingerprint density at radius 1 is 0.812 bits per heavy atom. The molecule has 0 radical (unpaired) electrons. The zero-order valence-corrected chi connectivity index (χ0v) is 10.7. The zero-order chi connectivity index (χ0) is 11.6. The molecule has 0 bridgehead atoms. The van der Waals surface area contributed by atoms with Gasteiger partial charge >= 0.3 is 0 Å². The maximum absolute atomic E-state index is 4.42. The van der Waals surface area contributed by atoms with E-state index < -0.39 is 0 Å². The first-order valence-corrected chi connectivity index (χ1v) is 6.66. The number of aryl methyl sites for hydroxylation is 2. The number of nitrogens with zero attached hydrogens (tertiary/aromatic N) is 2. The van der Waals surface area contributed by atoms with Crippen LogP contribution in [0.3, 0.4) is 0 Å². The summed E-state index contributed by atoms with van der Waals surface area (Å²) in [4.78, 5) is 8.84. The monoisotopic (exact) mass is 220 g/mol. The van der Waals surface area contributed by atoms with E-state index in [2.05, 4.69) is 23.8 Å². The molecule has 0 aliphatic heterocycles. The normalized spacial score (nSPS) is 10.6. The van der Waals surface area contributed by atoms with E-state index in [9.17, 15) is 0 Å². The molecule has 0 spiro atoms. The smallest absolute Gasteiger partial charge is 0.128 e. The van der Waals surface area contributed by atoms with Crippen molar-refractivity contribution < 1.29 is 0 Å². The molecule has 90 valence electrons. The van der Waals surface area contributed by atoms with Crippen molar-refractivity contribution in [1.29, 1.82) is 0 Å². The third-order valence-corrected chi connectivity index (χ3v) is 2.83. The Hall–Kier alpha value is -0.920. The van der Waals surface area contributed by atoms with Crippen LogP contribution in [0.15, 0.2) is 12.4 Å². The molecule has 0 amide bonds. The minimum atomic E-state index is 1.01. The van der Waals surface area contributed by atoms with Crippen LogP contribution in [0.4, 0.5) is 0 Å². The van der Waals surface area contributed by atoms with Crippen LogP contribution < -0.4 is 0 Å². The summed E-state index contributed by atoms with van der Waals surface area (Å²) in [6, 6.07) is 0. The second-order valence-corrected chi connectivity index (χ2v) is 4.42. The van der Waals surface area contributed by atoms with Crippen LogP contribution in [0.25, 0.3) is 0 Å². The van der Waals surface area contributed by atoms with E-state index in [0.29, 0.717) is 0 Å². The van der Waals surface area contributed by atoms with Gasteiger partial charge in [0.25, 0.3) is 0 Å². The van der Waals surface area contributed by atoms with Crippen LogP contribution in [0.1, 0.15) is 63.8 Å². The minimum Gasteiger partial charge on any atom is -0.241 e. The summed E-state index contributed by atoms with van der Waals surface area (Å²) in [6.45, 7) is 4.45. The first-order valence-electron chi connectivity index (χ1n) is 6.66. The molecule has 0 atom stereocenters. The van der Waals surface area contributed by atoms with E-state index in [1.807, 2.05) is 12.4 Å². The average Bonchev–Trinajstić information content (AvgIpc) is 2.32. The fourth-order valence-electron chi connectivity index (χ4n) is 1.75. The van der Waals surface area contributed by atoms with E-state index in [1.165, 1.54) is 44.1 Å². The number of hydrogen-bond donors (Lipinski definition) is 0. The lowest BCUT2D eigenvalue weighted by atomic mass is 10.1. The lowest BCUT2D eigenvalue weighted by molar-refractivity contribution is 0.686. The highest BCUT2D eigenvalue weighted by Crippen LogP contribution is 2.06. The molecule has 1 aromatic heterocycles. The van der Waals surface area contributed by atoms with Gasteiger partial charge < -0.3 is 0 Å². The summed E-state index contributed by atoms with van der Waals surface area (Å²) in [5, 5.41) is 0. The Labute approximate surface area is 99.5 Å². The van der Waals surface area contributed by atoms with Crippen LogP contribution >= 0.6 is 0 Å². The van der Waals surface area contributed by atoms with Crippen molar-refractivity contribution in [3.8, 4) is 0 Å². The third kappa shape index (κ3) is 5.24. The van der Waals surface area contributed by atoms with Crippen LogP contribution in [0.2, 0.25) is 0 Å². The molecule has 0 aliphatic carbocycles. The molecule has 1 aromatic rings. The van der Waals surface area contributed by atoms with Crippen LogP contribution in [-0.4, -0.2) is 9.97 Å². The zero-order valence-electron chi connectivity index (χ0n) is 10.7. The van der Waals surface area contributed by atoms with E-state index in [-0.39, 0.29) is 0 Å². The molecule has 0 N–H and O–H groups in total. The van der Waals surface area contributed by atoms with Crippen LogP contribution in [-0.2, 0) is 12.8 Å². The highest BCUT2D eigenvalue weighted by atomic mass is 14.9. The molecule has 2 nitrogen and oxygen atoms in total. The summed E-state index contributed by atoms with van der Waals surface area (Å²) in [6.07, 6.45) is 13.8. The second kappa shape index (κ2) is 8.26. The summed E-state index contributed by atoms with van der Waals surface area (Å²) >= 11 is 0. The largest absolute Gasteiger partial charge is 0.241 e. The highest BCUT2D eigenvalue weighted by Gasteiger charge is 1.98. The second-order valence-electron chi connectivity index (χ2n) is 4.42. The summed E-state index contributed by atoms with van der Waals surface area (Å²) in [5.41, 5.74) is 1.28. The van der Waals surface area contributed by atoms with Crippen molar-refractivity contribution in [3.63, 3.8) is 0 Å². The predicted octanol–water partition coefficient (Wildman–Crippen LogP) is 3.94. The molecule has 0 fully saturated rings. The van der Waals surface area contributed by atoms with Gasteiger partial charge in [-0.1, -0.05) is 39.5 Å². The van der Waals surface area contributed by atoms with Crippen LogP contribution in [0.5, 0.6) is 0 Å². The topological polar surface area (TPSA) is 25.8 Å². The van der Waals surface area contributed by atoms with Crippen molar-refractivity contribution >= 4 is 0 Å². The third-order valence-electron chi connectivity index (χ3n) is 2.83. The van der Waals surface area contributed by atoms with Gasteiger partial charge in [-0.3, -0.25) is 0 Å². The standard InChI is InChI=1S/C14H24N2/c1-3-5-7-9-13-11-15-14(16-12-13)10-8-6-4-2/h11-12H,3-10H2,1-2H3. The van der Waals surface area contributed by atoms with Gasteiger partial charge in [-0.05, 0) is 24.8 Å². The van der Waals surface area contributed by atoms with E-state index >= 15 is 0 Å². The fraction of sp³-hybridized carbons (Fsp3) is 0.714. The molecule has 1 rings (SSSR count). The molecule has 2 heteroatoms. The Morgan fingerprint density at radius 3 is 1.94 bits per heavy atom. The van der Waals surface area contributed by atoms with E-state index in [0.717, 1.165) is 18.7 Å². The number of unbranched alkanes of at least 4 members (excludes halogenated alkanes) is 4. The van der Waals surface area contributed by atoms with Gasteiger partial charge in [0.1, 0.15) is 5.82 Å². The summed E-state index contributed by atoms with van der Waals surface area (Å²) in [5.74, 6) is 1.01. The van der Waals surface area contributed by atoms with Gasteiger partial charge in [0, 0.05) is 18.8 Å². The van der Waals surface area contributed by atoms with Gasteiger partial charge in [0.15, 0.2) is 0 Å². The molecule has 1 heterocycles. The first kappa shape index (κ1) is 13.1. The van der Waals surface area contributed by atoms with Crippen molar-refractivity contribution in [3.05, 3.63) is 23.8 Å². The van der Waals surface area contributed by atoms with Gasteiger partial charge in [0.05, 0.1) is 0 Å². The quantitative estimate of drug-likeness (QED) is 0.620. The molecule has 0 unspecified atom stereocenters. The van der Waals surface area contributed by atoms with Gasteiger partial charge in [-0.2, -0.15) is 0 Å². The first-order chi connectivity index (χ1) is 7.86. The molecule has 0 aliphatic rings. The van der Waals surface area contributed by atoms with Crippen LogP contribution in [0, 0.1) is 0 Å². The summed E-state index contributed by atoms with van der Waals surface area (Å²) < 4.78 is 0. The Bertz CT molecular complexity index is 238. The predicted molar refractivity (Wildman–Crippen MR) is 68.5 cm³/mol. The lowest BCUT2D eigenvalue weighted by Gasteiger charge is -2.02. The maximum Gasteiger partial charge on any atom is 0.128 e. The number of rotatable bonds is 8. The molecular formula is C14H24N2. The van der Waals surface area contributed by atoms with Crippen molar-refractivity contribution in [2.75, 3.05) is 0 Å². The lowest BCUT2D eigenvalue weighted by Crippen LogP contribution is -1.97.